The Balaban J connectivity index is 0.00000200. The first kappa shape index (κ1) is 17.6. The molecule has 0 aliphatic rings. The van der Waals surface area contributed by atoms with E-state index in [0.717, 1.165) is 0 Å². The molecule has 2 rings (SSSR count). The molecule has 0 saturated carbocycles. The van der Waals surface area contributed by atoms with Crippen LogP contribution in [0.2, 0.25) is 0 Å². The molecule has 0 saturated heterocycles. The first-order valence-electron chi connectivity index (χ1n) is 4.38. The molecule has 0 radical (unpaired) electrons. The third-order valence-corrected chi connectivity index (χ3v) is 2.15. The van der Waals surface area contributed by atoms with Crippen LogP contribution in [0.5, 0.6) is 0 Å². The minimum Gasteiger partial charge on any atom is -1.00 e. The van der Waals surface area contributed by atoms with E-state index in [-0.39, 0.29) is 52.8 Å². The number of rotatable bonds is 1. The van der Waals surface area contributed by atoms with Gasteiger partial charge < -0.3 is 1.43 Å². The Morgan fingerprint density at radius 1 is 0.700 bits per heavy atom. The summed E-state index contributed by atoms with van der Waals surface area (Å²) in [4.78, 5) is 2.23. The normalized spacial score (nSPS) is 10.6. The van der Waals surface area contributed by atoms with Crippen molar-refractivity contribution in [3.8, 4) is 5.69 Å². The zero-order chi connectivity index (χ0) is 14.5. The van der Waals surface area contributed by atoms with E-state index in [0.29, 0.717) is 0 Å². The molecule has 0 N–H and O–H groups in total. The smallest absolute Gasteiger partial charge is 1.00 e. The fourth-order valence-electron chi connectivity index (χ4n) is 1.33. The Hall–Kier alpha value is -0.494. The molecule has 20 heavy (non-hydrogen) atoms. The summed E-state index contributed by atoms with van der Waals surface area (Å²) in [6.07, 6.45) is -2.11. The molecule has 0 unspecified atom stereocenters. The van der Waals surface area contributed by atoms with E-state index < -0.39 is 57.3 Å². The van der Waals surface area contributed by atoms with Crippen molar-refractivity contribution in [1.82, 2.24) is 9.55 Å². The summed E-state index contributed by atoms with van der Waals surface area (Å²) >= 11 is 0. The molecule has 0 atom stereocenters. The molecule has 2 nitrogen and oxygen atoms in total. The largest absolute Gasteiger partial charge is 1.00 e. The van der Waals surface area contributed by atoms with Crippen LogP contribution in [0, 0.1) is 47.1 Å². The van der Waals surface area contributed by atoms with Gasteiger partial charge in [-0.25, -0.2) is 26.5 Å². The molecule has 104 valence electrons. The molecule has 2 aromatic rings. The summed E-state index contributed by atoms with van der Waals surface area (Å²) in [5.41, 5.74) is -2.00. The first-order chi connectivity index (χ1) is 8.77. The average molecular weight is 328 g/mol. The Morgan fingerprint density at radius 2 is 1.10 bits per heavy atom. The zero-order valence-corrected chi connectivity index (χ0v) is 12.5. The van der Waals surface area contributed by atoms with Crippen molar-refractivity contribution in [2.45, 2.75) is 0 Å². The fraction of sp³-hybridized carbons (Fsp3) is 0. The van der Waals surface area contributed by atoms with Gasteiger partial charge in [0, 0.05) is 0 Å². The van der Waals surface area contributed by atoms with Crippen LogP contribution >= 0.6 is 0 Å². The monoisotopic (exact) mass is 328 g/mol. The van der Waals surface area contributed by atoms with Crippen molar-refractivity contribution in [3.63, 3.8) is 0 Å². The number of benzene rings is 1. The minimum atomic E-state index is -2.51. The van der Waals surface area contributed by atoms with E-state index in [1.165, 1.54) is 0 Å². The average Bonchev–Trinajstić information content (AvgIpc) is 2.61. The van der Waals surface area contributed by atoms with E-state index in [1.807, 2.05) is 0 Å². The van der Waals surface area contributed by atoms with Crippen LogP contribution in [-0.4, -0.2) is 9.55 Å². The first-order valence-corrected chi connectivity index (χ1v) is 4.38. The van der Waals surface area contributed by atoms with Crippen LogP contribution < -0.4 is 51.4 Å². The molecular weight excluding hydrogens is 327 g/mol. The van der Waals surface area contributed by atoms with Crippen molar-refractivity contribution in [3.05, 3.63) is 47.1 Å². The van der Waals surface area contributed by atoms with Crippen molar-refractivity contribution in [2.75, 3.05) is 0 Å². The summed E-state index contributed by atoms with van der Waals surface area (Å²) in [6.45, 7) is 0. The fourth-order valence-corrected chi connectivity index (χ4v) is 1.33. The number of imidazole rings is 1. The predicted octanol–water partition coefficient (Wildman–Crippen LogP) is 0.102. The molecule has 11 heteroatoms. The predicted molar refractivity (Wildman–Crippen MR) is 44.3 cm³/mol. The number of nitrogens with zero attached hydrogens (tertiary/aromatic N) is 2. The summed E-state index contributed by atoms with van der Waals surface area (Å²) < 4.78 is 103. The number of halogens is 8. The summed E-state index contributed by atoms with van der Waals surface area (Å²) in [7, 11) is 0. The van der Waals surface area contributed by atoms with E-state index in [1.54, 1.807) is 0 Å². The molecular formula is C9HF8KN2. The van der Waals surface area contributed by atoms with Gasteiger partial charge in [-0.2, -0.15) is 18.2 Å². The van der Waals surface area contributed by atoms with Crippen molar-refractivity contribution >= 4 is 0 Å². The van der Waals surface area contributed by atoms with Crippen molar-refractivity contribution in [2.24, 2.45) is 0 Å². The van der Waals surface area contributed by atoms with Gasteiger partial charge in [0.15, 0.2) is 23.3 Å². The molecule has 0 aliphatic carbocycles. The van der Waals surface area contributed by atoms with Crippen LogP contribution in [0.25, 0.3) is 5.69 Å². The van der Waals surface area contributed by atoms with Gasteiger partial charge in [0.25, 0.3) is 18.0 Å². The maximum atomic E-state index is 13.2. The number of hydrogen-bond acceptors (Lipinski definition) is 1. The van der Waals surface area contributed by atoms with E-state index in [4.69, 9.17) is 0 Å². The van der Waals surface area contributed by atoms with Gasteiger partial charge >= 0.3 is 51.4 Å². The SMILES string of the molecule is Fc1nc(F)n(-c2c(F)c(F)c(F)c(F)c2F)c1F.[H-].[K+]. The quantitative estimate of drug-likeness (QED) is 0.314. The number of hydrogen-bond donors (Lipinski definition) is 0. The van der Waals surface area contributed by atoms with Gasteiger partial charge in [-0.3, -0.25) is 0 Å². The molecule has 0 amide bonds. The van der Waals surface area contributed by atoms with Gasteiger partial charge in [-0.15, -0.1) is 0 Å². The Morgan fingerprint density at radius 3 is 1.45 bits per heavy atom. The standard InChI is InChI=1S/C9F8N2.K.H/c10-1-2(11)4(13)6(5(14)3(1)12)19-8(16)7(15)18-9(19)17;;/q;+1;-1. The maximum Gasteiger partial charge on any atom is 1.00 e. The van der Waals surface area contributed by atoms with Gasteiger partial charge in [0.05, 0.1) is 0 Å². The van der Waals surface area contributed by atoms with Crippen LogP contribution in [0.4, 0.5) is 35.1 Å². The second-order valence-corrected chi connectivity index (χ2v) is 3.22. The van der Waals surface area contributed by atoms with Crippen LogP contribution in [-0.2, 0) is 0 Å². The second kappa shape index (κ2) is 6.09. The molecule has 0 fully saturated rings. The molecule has 1 heterocycles. The van der Waals surface area contributed by atoms with Gasteiger partial charge in [0.1, 0.15) is 5.69 Å². The van der Waals surface area contributed by atoms with Crippen LogP contribution in [0.1, 0.15) is 1.43 Å². The molecule has 0 spiro atoms. The molecule has 1 aromatic carbocycles. The van der Waals surface area contributed by atoms with Gasteiger partial charge in [-0.1, -0.05) is 0 Å². The molecule has 0 bridgehead atoms. The van der Waals surface area contributed by atoms with E-state index >= 15 is 0 Å². The topological polar surface area (TPSA) is 17.8 Å². The Kier molecular flexibility index (Phi) is 5.35. The third kappa shape index (κ3) is 2.52. The molecule has 0 aliphatic heterocycles. The minimum absolute atomic E-state index is 0. The third-order valence-electron chi connectivity index (χ3n) is 2.15. The molecule has 1 aromatic heterocycles. The number of aromatic nitrogens is 2. The van der Waals surface area contributed by atoms with Crippen LogP contribution in [0.15, 0.2) is 0 Å². The summed E-state index contributed by atoms with van der Waals surface area (Å²) in [6, 6.07) is 0. The second-order valence-electron chi connectivity index (χ2n) is 3.22. The van der Waals surface area contributed by atoms with E-state index in [2.05, 4.69) is 4.98 Å². The Bertz CT molecular complexity index is 660. The maximum absolute atomic E-state index is 13.2. The summed E-state index contributed by atoms with van der Waals surface area (Å²) in [5.74, 6) is -16.7. The van der Waals surface area contributed by atoms with Gasteiger partial charge in [0.2, 0.25) is 5.82 Å². The summed E-state index contributed by atoms with van der Waals surface area (Å²) in [5, 5.41) is 0. The zero-order valence-electron chi connectivity index (χ0n) is 10.4. The van der Waals surface area contributed by atoms with Crippen molar-refractivity contribution in [1.29, 1.82) is 0 Å². The van der Waals surface area contributed by atoms with E-state index in [9.17, 15) is 35.1 Å². The van der Waals surface area contributed by atoms with Crippen LogP contribution in [0.3, 0.4) is 0 Å². The van der Waals surface area contributed by atoms with Gasteiger partial charge in [-0.05, 0) is 0 Å². The van der Waals surface area contributed by atoms with Crippen molar-refractivity contribution < 1.29 is 87.9 Å². The Labute approximate surface area is 149 Å².